The molecule has 2 unspecified atom stereocenters. The summed E-state index contributed by atoms with van der Waals surface area (Å²) in [5, 5.41) is 60.9. The fourth-order valence-electron chi connectivity index (χ4n) is 12.0. The largest absolute Gasteiger partial charge is 0.489 e. The van der Waals surface area contributed by atoms with Crippen LogP contribution >= 0.6 is 0 Å². The Bertz CT molecular complexity index is 3990. The van der Waals surface area contributed by atoms with Crippen LogP contribution in [0.15, 0.2) is 91.1 Å². The van der Waals surface area contributed by atoms with Gasteiger partial charge in [0.05, 0.1) is 102 Å². The lowest BCUT2D eigenvalue weighted by atomic mass is 9.87. The molecule has 0 saturated heterocycles. The lowest BCUT2D eigenvalue weighted by Gasteiger charge is -2.27. The number of hydrogen-bond acceptors (Lipinski definition) is 22. The van der Waals surface area contributed by atoms with E-state index in [2.05, 4.69) is 66.8 Å². The van der Waals surface area contributed by atoms with Crippen molar-refractivity contribution in [1.29, 1.82) is 0 Å². The number of amides is 3. The summed E-state index contributed by atoms with van der Waals surface area (Å²) in [6.07, 6.45) is 8.83. The second-order valence-electron chi connectivity index (χ2n) is 25.9. The van der Waals surface area contributed by atoms with Crippen molar-refractivity contribution in [2.24, 2.45) is 44.8 Å². The molecular weight excluding hydrogens is 1330 g/mol. The zero-order valence-corrected chi connectivity index (χ0v) is 59.2. The van der Waals surface area contributed by atoms with Crippen LogP contribution in [0.25, 0.3) is 34.2 Å². The number of carboxylic acid groups (broad SMARTS) is 3. The summed E-state index contributed by atoms with van der Waals surface area (Å²) in [6.45, 7) is 10.8. The van der Waals surface area contributed by atoms with Gasteiger partial charge >= 0.3 is 36.2 Å². The van der Waals surface area contributed by atoms with Gasteiger partial charge in [0, 0.05) is 21.1 Å². The zero-order valence-electron chi connectivity index (χ0n) is 59.2. The lowest BCUT2D eigenvalue weighted by Crippen LogP contribution is -2.30. The summed E-state index contributed by atoms with van der Waals surface area (Å²) >= 11 is 0. The van der Waals surface area contributed by atoms with Crippen LogP contribution in [-0.2, 0) is 82.6 Å². The first-order chi connectivity index (χ1) is 49.6. The molecule has 11 rings (SSSR count). The molecule has 0 spiro atoms. The lowest BCUT2D eigenvalue weighted by molar-refractivity contribution is -0.144. The second-order valence-corrected chi connectivity index (χ2v) is 25.9. The summed E-state index contributed by atoms with van der Waals surface area (Å²) in [7, 11) is 5.22. The third kappa shape index (κ3) is 21.9. The Kier molecular flexibility index (Phi) is 27.3. The van der Waals surface area contributed by atoms with Gasteiger partial charge in [-0.15, -0.1) is 15.3 Å². The number of aryl methyl sites for hydroxylation is 6. The van der Waals surface area contributed by atoms with Crippen molar-refractivity contribution >= 4 is 36.2 Å². The second kappa shape index (κ2) is 37.0. The number of carboxylic acids is 3. The molecule has 3 aliphatic rings. The van der Waals surface area contributed by atoms with Gasteiger partial charge in [0.1, 0.15) is 59.3 Å². The predicted octanol–water partition coefficient (Wildman–Crippen LogP) is 10.1. The number of aliphatic carboxylic acids is 3. The monoisotopic (exact) mass is 1420 g/mol. The Morgan fingerprint density at radius 2 is 0.854 bits per heavy atom. The van der Waals surface area contributed by atoms with Gasteiger partial charge in [0.2, 0.25) is 5.88 Å². The Morgan fingerprint density at radius 3 is 1.22 bits per heavy atom. The van der Waals surface area contributed by atoms with Crippen molar-refractivity contribution < 1.29 is 72.5 Å². The fourth-order valence-corrected chi connectivity index (χ4v) is 12.0. The molecule has 6 aromatic heterocycles. The Labute approximate surface area is 595 Å². The van der Waals surface area contributed by atoms with Crippen molar-refractivity contribution in [2.45, 2.75) is 169 Å². The molecule has 3 saturated carbocycles. The molecule has 6 heterocycles. The van der Waals surface area contributed by atoms with Gasteiger partial charge in [0.25, 0.3) is 0 Å². The molecule has 7 atom stereocenters. The van der Waals surface area contributed by atoms with Crippen molar-refractivity contribution in [3.8, 4) is 51.5 Å². The molecule has 0 bridgehead atoms. The number of rotatable bonds is 25. The van der Waals surface area contributed by atoms with Gasteiger partial charge in [-0.25, -0.2) is 48.4 Å². The third-order valence-electron chi connectivity index (χ3n) is 18.1. The quantitative estimate of drug-likeness (QED) is 0.0290. The first-order valence-corrected chi connectivity index (χ1v) is 34.5. The van der Waals surface area contributed by atoms with E-state index in [-0.39, 0.29) is 63.0 Å². The van der Waals surface area contributed by atoms with E-state index < -0.39 is 42.1 Å². The van der Waals surface area contributed by atoms with Crippen LogP contribution in [0.1, 0.15) is 143 Å². The normalized spacial score (nSPS) is 18.0. The summed E-state index contributed by atoms with van der Waals surface area (Å²) in [5.74, 6) is -1.50. The van der Waals surface area contributed by atoms with E-state index in [1.54, 1.807) is 60.4 Å². The molecule has 0 radical (unpaired) electrons. The molecule has 548 valence electrons. The van der Waals surface area contributed by atoms with E-state index in [0.717, 1.165) is 56.1 Å². The summed E-state index contributed by atoms with van der Waals surface area (Å²) in [5.41, 5.74) is 9.05. The highest BCUT2D eigenvalue weighted by molar-refractivity contribution is 5.72. The van der Waals surface area contributed by atoms with Crippen molar-refractivity contribution in [3.05, 3.63) is 136 Å². The number of aromatic nitrogens is 13. The molecule has 31 nitrogen and oxygen atoms in total. The van der Waals surface area contributed by atoms with Crippen molar-refractivity contribution in [2.75, 3.05) is 6.61 Å². The Hall–Kier alpha value is -11.1. The molecule has 3 fully saturated rings. The number of pyridine rings is 2. The van der Waals surface area contributed by atoms with E-state index in [4.69, 9.17) is 28.4 Å². The smallest absolute Gasteiger partial charge is 0.407 e. The van der Waals surface area contributed by atoms with Gasteiger partial charge in [-0.2, -0.15) is 0 Å². The molecule has 6 N–H and O–H groups in total. The number of carbonyl (C=O) groups excluding carboxylic acids is 3. The van der Waals surface area contributed by atoms with Gasteiger partial charge in [-0.05, 0) is 139 Å². The maximum Gasteiger partial charge on any atom is 0.407 e. The SMILES string of the molecule is CC[C@H](C)COC(=O)NCc1c(-c2ccc(O[C@H]3CCC[C@H](C(=O)O)C3)c(C)n2)nnn1C.Cc1nc(-c2nnn(C)c2CNC(=O)OCc2ccccc2)ccc1O[C@H]1CCCC(C(=O)O)C1.Cc1nc(-c2nnn(C)c2CNC(=O)OCc2ccccc2)cnc1OC1CCC[C@H](C(=O)O)C1. The van der Waals surface area contributed by atoms with Gasteiger partial charge in [-0.1, -0.05) is 96.6 Å². The topological polar surface area (TPSA) is 398 Å². The minimum absolute atomic E-state index is 0.135. The van der Waals surface area contributed by atoms with E-state index in [1.807, 2.05) is 100 Å². The molecular formula is C72H90N16O15. The van der Waals surface area contributed by atoms with Crippen LogP contribution in [0.5, 0.6) is 17.4 Å². The average molecular weight is 1420 g/mol. The standard InChI is InChI=1S/C25H29N5O5.C24H28N6O5.C23H33N5O5/c1-16-22(35-19-10-6-9-18(13-19)24(31)32)12-11-20(27-16)23-21(30(2)29-28-23)14-26-25(33)34-15-17-7-4-3-5-8-17;1-15-22(35-18-10-6-9-17(11-18)23(31)32)25-12-19(27-15)21-20(30(2)29-28-21)13-26-24(33)34-14-16-7-4-3-5-8-16;1-5-14(2)13-32-23(31)24-12-19-21(26-27-28(19)4)18-9-10-20(15(3)25-18)33-17-8-6-7-16(11-17)22(29)30/h3-5,7-8,11-12,18-19H,6,9-10,13-15H2,1-2H3,(H,26,33)(H,31,32);3-5,7-8,12,17-18H,6,9-11,13-14H2,1-2H3,(H,26,33)(H,31,32);9-10,14,16-17H,5-8,11-13H2,1-4H3,(H,24,31)(H,29,30)/t18?,19-;17-,18?;14-,16-,17-/m000/s1. The third-order valence-corrected chi connectivity index (χ3v) is 18.1. The highest BCUT2D eigenvalue weighted by Crippen LogP contribution is 2.34. The highest BCUT2D eigenvalue weighted by atomic mass is 16.6. The van der Waals surface area contributed by atoms with Crippen LogP contribution in [0.4, 0.5) is 14.4 Å². The van der Waals surface area contributed by atoms with Crippen LogP contribution in [-0.4, -0.2) is 141 Å². The number of carbonyl (C=O) groups is 6. The first kappa shape index (κ1) is 76.0. The number of ether oxygens (including phenoxy) is 6. The van der Waals surface area contributed by atoms with Gasteiger partial charge < -0.3 is 59.7 Å². The van der Waals surface area contributed by atoms with Crippen molar-refractivity contribution in [1.82, 2.24) is 80.9 Å². The molecule has 3 aliphatic carbocycles. The predicted molar refractivity (Wildman–Crippen MR) is 371 cm³/mol. The maximum atomic E-state index is 12.2. The summed E-state index contributed by atoms with van der Waals surface area (Å²) in [6, 6.07) is 26.1. The van der Waals surface area contributed by atoms with Crippen LogP contribution in [0.3, 0.4) is 0 Å². The average Bonchev–Trinajstić information content (AvgIpc) is 1.76. The van der Waals surface area contributed by atoms with E-state index >= 15 is 0 Å². The molecule has 103 heavy (non-hydrogen) atoms. The number of nitrogens with one attached hydrogen (secondary N) is 3. The van der Waals surface area contributed by atoms with E-state index in [9.17, 15) is 44.1 Å². The minimum atomic E-state index is -0.788. The number of benzene rings is 2. The first-order valence-electron chi connectivity index (χ1n) is 34.5. The highest BCUT2D eigenvalue weighted by Gasteiger charge is 2.32. The molecule has 0 aliphatic heterocycles. The van der Waals surface area contributed by atoms with Crippen LogP contribution in [0, 0.1) is 44.4 Å². The van der Waals surface area contributed by atoms with Crippen LogP contribution < -0.4 is 30.2 Å². The number of nitrogens with zero attached hydrogens (tertiary/aromatic N) is 13. The number of alkyl carbamates (subject to hydrolysis) is 3. The van der Waals surface area contributed by atoms with E-state index in [1.165, 1.54) is 0 Å². The van der Waals surface area contributed by atoms with Crippen LogP contribution in [0.2, 0.25) is 0 Å². The summed E-state index contributed by atoms with van der Waals surface area (Å²) in [4.78, 5) is 88.6. The van der Waals surface area contributed by atoms with E-state index in [0.29, 0.717) is 137 Å². The minimum Gasteiger partial charge on any atom is -0.489 e. The van der Waals surface area contributed by atoms with Gasteiger partial charge in [-0.3, -0.25) is 14.4 Å². The molecule has 31 heteroatoms. The zero-order chi connectivity index (χ0) is 73.5. The molecule has 8 aromatic rings. The molecule has 3 amide bonds. The summed E-state index contributed by atoms with van der Waals surface area (Å²) < 4.78 is 38.7. The van der Waals surface area contributed by atoms with Gasteiger partial charge in [0.15, 0.2) is 0 Å². The number of hydrogen-bond donors (Lipinski definition) is 6. The fraction of sp³-hybridized carbons (Fsp3) is 0.472. The Morgan fingerprint density at radius 1 is 0.485 bits per heavy atom. The van der Waals surface area contributed by atoms with Crippen molar-refractivity contribution in [3.63, 3.8) is 0 Å². The Balaban J connectivity index is 0.000000180. The maximum absolute atomic E-state index is 12.2. The molecule has 2 aromatic carbocycles.